The van der Waals surface area contributed by atoms with Gasteiger partial charge in [-0.2, -0.15) is 4.31 Å². The quantitative estimate of drug-likeness (QED) is 0.855. The van der Waals surface area contributed by atoms with Crippen LogP contribution in [0.1, 0.15) is 5.69 Å². The van der Waals surface area contributed by atoms with Crippen molar-refractivity contribution in [2.24, 2.45) is 0 Å². The lowest BCUT2D eigenvalue weighted by molar-refractivity contribution is 0.342. The Bertz CT molecular complexity index is 675. The molecular formula is C11H11ClN2O2S2. The molecular weight excluding hydrogens is 292 g/mol. The Labute approximate surface area is 114 Å². The molecule has 3 rings (SSSR count). The molecule has 7 heteroatoms. The van der Waals surface area contributed by atoms with Crippen LogP contribution in [0.2, 0.25) is 4.34 Å². The molecule has 0 aliphatic carbocycles. The Morgan fingerprint density at radius 1 is 1.22 bits per heavy atom. The smallest absolute Gasteiger partial charge is 0.253 e. The predicted molar refractivity (Wildman–Crippen MR) is 71.4 cm³/mol. The lowest BCUT2D eigenvalue weighted by Gasteiger charge is -2.27. The lowest BCUT2D eigenvalue weighted by atomic mass is 10.3. The fourth-order valence-electron chi connectivity index (χ4n) is 2.06. The summed E-state index contributed by atoms with van der Waals surface area (Å²) in [6.45, 7) is 1.62. The first-order valence-electron chi connectivity index (χ1n) is 5.47. The summed E-state index contributed by atoms with van der Waals surface area (Å²) in [4.78, 5) is 0. The van der Waals surface area contributed by atoms with Gasteiger partial charge in [0.25, 0.3) is 10.0 Å². The summed E-state index contributed by atoms with van der Waals surface area (Å²) in [5.74, 6) is 0. The third-order valence-corrected chi connectivity index (χ3v) is 6.54. The van der Waals surface area contributed by atoms with E-state index in [0.29, 0.717) is 28.2 Å². The van der Waals surface area contributed by atoms with Crippen molar-refractivity contribution in [3.05, 3.63) is 40.5 Å². The molecule has 0 aromatic carbocycles. The number of fused-ring (bicyclic) bond motifs is 1. The van der Waals surface area contributed by atoms with E-state index >= 15 is 0 Å². The van der Waals surface area contributed by atoms with Gasteiger partial charge in [-0.15, -0.1) is 11.3 Å². The Balaban J connectivity index is 1.92. The SMILES string of the molecule is O=S(=O)(c1ccc(Cl)s1)N1CCn2cccc2C1. The average molecular weight is 303 g/mol. The second kappa shape index (κ2) is 4.38. The van der Waals surface area contributed by atoms with E-state index in [1.807, 2.05) is 18.3 Å². The minimum Gasteiger partial charge on any atom is -0.349 e. The van der Waals surface area contributed by atoms with Crippen LogP contribution >= 0.6 is 22.9 Å². The molecule has 0 atom stereocenters. The maximum atomic E-state index is 12.4. The molecule has 96 valence electrons. The molecule has 18 heavy (non-hydrogen) atoms. The van der Waals surface area contributed by atoms with Gasteiger partial charge in [-0.25, -0.2) is 8.42 Å². The Hall–Kier alpha value is -0.820. The molecule has 0 amide bonds. The van der Waals surface area contributed by atoms with Gasteiger partial charge in [0, 0.05) is 25.0 Å². The van der Waals surface area contributed by atoms with Gasteiger partial charge in [-0.3, -0.25) is 0 Å². The van der Waals surface area contributed by atoms with Gasteiger partial charge in [0.05, 0.1) is 10.9 Å². The third kappa shape index (κ3) is 1.99. The van der Waals surface area contributed by atoms with Crippen LogP contribution in [0.5, 0.6) is 0 Å². The van der Waals surface area contributed by atoms with Crippen molar-refractivity contribution in [2.45, 2.75) is 17.3 Å². The highest BCUT2D eigenvalue weighted by atomic mass is 35.5. The third-order valence-electron chi connectivity index (χ3n) is 2.99. The summed E-state index contributed by atoms with van der Waals surface area (Å²) in [6.07, 6.45) is 1.97. The number of nitrogens with zero attached hydrogens (tertiary/aromatic N) is 2. The maximum absolute atomic E-state index is 12.4. The van der Waals surface area contributed by atoms with Crippen LogP contribution in [0.15, 0.2) is 34.7 Å². The van der Waals surface area contributed by atoms with Gasteiger partial charge in [0.1, 0.15) is 4.21 Å². The molecule has 0 saturated heterocycles. The molecule has 1 aliphatic heterocycles. The summed E-state index contributed by atoms with van der Waals surface area (Å²) in [7, 11) is -3.41. The summed E-state index contributed by atoms with van der Waals surface area (Å²) < 4.78 is 29.2. The molecule has 0 saturated carbocycles. The predicted octanol–water partition coefficient (Wildman–Crippen LogP) is 2.41. The van der Waals surface area contributed by atoms with Gasteiger partial charge in [0.15, 0.2) is 0 Å². The van der Waals surface area contributed by atoms with Crippen molar-refractivity contribution in [3.8, 4) is 0 Å². The van der Waals surface area contributed by atoms with Gasteiger partial charge in [0.2, 0.25) is 0 Å². The summed E-state index contributed by atoms with van der Waals surface area (Å²) in [5, 5.41) is 0. The van der Waals surface area contributed by atoms with Crippen LogP contribution in [0.3, 0.4) is 0 Å². The van der Waals surface area contributed by atoms with E-state index in [2.05, 4.69) is 4.57 Å². The second-order valence-electron chi connectivity index (χ2n) is 4.09. The Morgan fingerprint density at radius 3 is 2.78 bits per heavy atom. The van der Waals surface area contributed by atoms with Crippen LogP contribution in [0, 0.1) is 0 Å². The zero-order chi connectivity index (χ0) is 12.8. The van der Waals surface area contributed by atoms with Crippen LogP contribution < -0.4 is 0 Å². The van der Waals surface area contributed by atoms with Gasteiger partial charge in [-0.05, 0) is 24.3 Å². The number of thiophene rings is 1. The zero-order valence-corrected chi connectivity index (χ0v) is 11.8. The second-order valence-corrected chi connectivity index (χ2v) is 7.97. The maximum Gasteiger partial charge on any atom is 0.253 e. The van der Waals surface area contributed by atoms with Crippen molar-refractivity contribution >= 4 is 33.0 Å². The standard InChI is InChI=1S/C11H11ClN2O2S2/c12-10-3-4-11(17-10)18(15,16)14-7-6-13-5-1-2-9(13)8-14/h1-5H,6-8H2. The van der Waals surface area contributed by atoms with Crippen LogP contribution in [-0.2, 0) is 23.1 Å². The minimum atomic E-state index is -3.41. The molecule has 0 bridgehead atoms. The Morgan fingerprint density at radius 2 is 2.06 bits per heavy atom. The molecule has 0 spiro atoms. The van der Waals surface area contributed by atoms with E-state index in [-0.39, 0.29) is 0 Å². The number of halogens is 1. The number of aromatic nitrogens is 1. The fraction of sp³-hybridized carbons (Fsp3) is 0.273. The molecule has 0 fully saturated rings. The number of hydrogen-bond acceptors (Lipinski definition) is 3. The van der Waals surface area contributed by atoms with E-state index in [0.717, 1.165) is 17.0 Å². The highest BCUT2D eigenvalue weighted by Crippen LogP contribution is 2.29. The number of sulfonamides is 1. The lowest BCUT2D eigenvalue weighted by Crippen LogP contribution is -2.37. The molecule has 0 unspecified atom stereocenters. The molecule has 2 aromatic rings. The first kappa shape index (κ1) is 12.2. The van der Waals surface area contributed by atoms with Gasteiger partial charge >= 0.3 is 0 Å². The topological polar surface area (TPSA) is 42.3 Å². The van der Waals surface area contributed by atoms with Crippen molar-refractivity contribution in [2.75, 3.05) is 6.54 Å². The summed E-state index contributed by atoms with van der Waals surface area (Å²) >= 11 is 6.90. The summed E-state index contributed by atoms with van der Waals surface area (Å²) in [5.41, 5.74) is 1.02. The number of rotatable bonds is 2. The van der Waals surface area contributed by atoms with Crippen LogP contribution in [0.4, 0.5) is 0 Å². The van der Waals surface area contributed by atoms with E-state index in [1.54, 1.807) is 12.1 Å². The molecule has 1 aliphatic rings. The minimum absolute atomic E-state index is 0.313. The molecule has 0 N–H and O–H groups in total. The average Bonchev–Trinajstić information content (AvgIpc) is 2.96. The molecule has 4 nitrogen and oxygen atoms in total. The monoisotopic (exact) mass is 302 g/mol. The number of hydrogen-bond donors (Lipinski definition) is 0. The molecule has 3 heterocycles. The van der Waals surface area contributed by atoms with Crippen molar-refractivity contribution in [3.63, 3.8) is 0 Å². The first-order chi connectivity index (χ1) is 8.57. The van der Waals surface area contributed by atoms with Crippen LogP contribution in [-0.4, -0.2) is 23.8 Å². The zero-order valence-electron chi connectivity index (χ0n) is 9.41. The fourth-order valence-corrected chi connectivity index (χ4v) is 5.10. The van der Waals surface area contributed by atoms with Gasteiger partial charge in [-0.1, -0.05) is 11.6 Å². The van der Waals surface area contributed by atoms with Crippen molar-refractivity contribution in [1.29, 1.82) is 0 Å². The van der Waals surface area contributed by atoms with E-state index < -0.39 is 10.0 Å². The van der Waals surface area contributed by atoms with Crippen molar-refractivity contribution in [1.82, 2.24) is 8.87 Å². The van der Waals surface area contributed by atoms with Crippen LogP contribution in [0.25, 0.3) is 0 Å². The Kier molecular flexibility index (Phi) is 2.97. The highest BCUT2D eigenvalue weighted by molar-refractivity contribution is 7.91. The van der Waals surface area contributed by atoms with Gasteiger partial charge < -0.3 is 4.57 Å². The van der Waals surface area contributed by atoms with E-state index in [1.165, 1.54) is 4.31 Å². The first-order valence-corrected chi connectivity index (χ1v) is 8.10. The largest absolute Gasteiger partial charge is 0.349 e. The molecule has 0 radical (unpaired) electrons. The normalized spacial score (nSPS) is 16.7. The summed E-state index contributed by atoms with van der Waals surface area (Å²) in [6, 6.07) is 7.07. The highest BCUT2D eigenvalue weighted by Gasteiger charge is 2.29. The molecule has 2 aromatic heterocycles. The van der Waals surface area contributed by atoms with E-state index in [9.17, 15) is 8.42 Å². The van der Waals surface area contributed by atoms with Crippen molar-refractivity contribution < 1.29 is 8.42 Å². The van der Waals surface area contributed by atoms with E-state index in [4.69, 9.17) is 11.6 Å².